The number of piperidine rings is 1. The summed E-state index contributed by atoms with van der Waals surface area (Å²) in [6, 6.07) is 7.38. The van der Waals surface area contributed by atoms with Gasteiger partial charge in [0.25, 0.3) is 0 Å². The molecule has 1 aromatic rings. The van der Waals surface area contributed by atoms with Gasteiger partial charge in [-0.1, -0.05) is 18.6 Å². The van der Waals surface area contributed by atoms with Gasteiger partial charge in [-0.25, -0.2) is 0 Å². The highest BCUT2D eigenvalue weighted by Gasteiger charge is 2.54. The van der Waals surface area contributed by atoms with E-state index in [1.807, 2.05) is 19.1 Å². The fourth-order valence-electron chi connectivity index (χ4n) is 4.97. The van der Waals surface area contributed by atoms with Crippen molar-refractivity contribution in [3.8, 4) is 5.75 Å². The molecule has 2 atom stereocenters. The number of hydrogen-bond donors (Lipinski definition) is 3. The molecule has 3 aliphatic rings. The Morgan fingerprint density at radius 3 is 2.52 bits per heavy atom. The third kappa shape index (κ3) is 4.30. The van der Waals surface area contributed by atoms with Gasteiger partial charge in [0.15, 0.2) is 0 Å². The molecule has 4 rings (SSSR count). The number of likely N-dealkylation sites (tertiary alicyclic amines) is 1. The molecule has 1 aromatic carbocycles. The van der Waals surface area contributed by atoms with Gasteiger partial charge in [0, 0.05) is 32.2 Å². The average molecular weight is 403 g/mol. The van der Waals surface area contributed by atoms with Crippen LogP contribution < -0.4 is 5.32 Å². The second kappa shape index (κ2) is 8.25. The van der Waals surface area contributed by atoms with Crippen LogP contribution in [0, 0.1) is 5.92 Å². The minimum absolute atomic E-state index is 0.0983. The zero-order valence-electron chi connectivity index (χ0n) is 17.4. The Labute approximate surface area is 173 Å². The van der Waals surface area contributed by atoms with Crippen LogP contribution in [-0.2, 0) is 16.0 Å². The van der Waals surface area contributed by atoms with Crippen molar-refractivity contribution in [1.29, 1.82) is 0 Å². The summed E-state index contributed by atoms with van der Waals surface area (Å²) in [6.07, 6.45) is 5.52. The molecule has 0 radical (unpaired) electrons. The van der Waals surface area contributed by atoms with E-state index in [0.717, 1.165) is 58.2 Å². The maximum absolute atomic E-state index is 12.5. The number of phenols is 1. The van der Waals surface area contributed by atoms with Gasteiger partial charge in [0.2, 0.25) is 5.91 Å². The first kappa shape index (κ1) is 20.6. The Kier molecular flexibility index (Phi) is 5.87. The number of rotatable bonds is 5. The number of nitrogens with zero attached hydrogens (tertiary/aromatic N) is 1. The molecule has 0 aromatic heterocycles. The van der Waals surface area contributed by atoms with Crippen molar-refractivity contribution in [1.82, 2.24) is 10.2 Å². The summed E-state index contributed by atoms with van der Waals surface area (Å²) >= 11 is 0. The topological polar surface area (TPSA) is 82.0 Å². The Morgan fingerprint density at radius 1 is 1.21 bits per heavy atom. The third-order valence-corrected chi connectivity index (χ3v) is 7.35. The van der Waals surface area contributed by atoms with E-state index in [-0.39, 0.29) is 11.8 Å². The van der Waals surface area contributed by atoms with Crippen LogP contribution in [0.3, 0.4) is 0 Å². The number of aliphatic hydroxyl groups is 1. The Balaban J connectivity index is 1.32. The summed E-state index contributed by atoms with van der Waals surface area (Å²) < 4.78 is 6.17. The number of phenolic OH excluding ortho intramolecular Hbond substituents is 1. The summed E-state index contributed by atoms with van der Waals surface area (Å²) in [6.45, 7) is 5.26. The lowest BCUT2D eigenvalue weighted by atomic mass is 9.72. The number of ether oxygens (including phenoxy) is 1. The number of benzene rings is 1. The molecule has 2 saturated heterocycles. The van der Waals surface area contributed by atoms with Crippen LogP contribution in [0.5, 0.6) is 5.75 Å². The van der Waals surface area contributed by atoms with Crippen LogP contribution in [0.2, 0.25) is 0 Å². The number of aliphatic hydroxyl groups excluding tert-OH is 1. The highest BCUT2D eigenvalue weighted by Crippen LogP contribution is 2.40. The molecular weight excluding hydrogens is 368 g/mol. The van der Waals surface area contributed by atoms with E-state index in [0.29, 0.717) is 18.8 Å². The summed E-state index contributed by atoms with van der Waals surface area (Å²) in [5.41, 5.74) is 0.0389. The van der Waals surface area contributed by atoms with Crippen LogP contribution in [0.1, 0.15) is 51.0 Å². The minimum atomic E-state index is -0.688. The van der Waals surface area contributed by atoms with Crippen LogP contribution in [-0.4, -0.2) is 64.5 Å². The maximum atomic E-state index is 12.5. The average Bonchev–Trinajstić information content (AvgIpc) is 2.65. The van der Waals surface area contributed by atoms with Crippen molar-refractivity contribution in [3.63, 3.8) is 0 Å². The Bertz CT molecular complexity index is 710. The summed E-state index contributed by atoms with van der Waals surface area (Å²) in [5, 5.41) is 23.9. The lowest BCUT2D eigenvalue weighted by Crippen LogP contribution is -2.69. The molecule has 1 spiro atoms. The molecule has 160 valence electrons. The first-order chi connectivity index (χ1) is 13.9. The largest absolute Gasteiger partial charge is 0.508 e. The van der Waals surface area contributed by atoms with Gasteiger partial charge < -0.3 is 25.2 Å². The molecule has 0 bridgehead atoms. The Morgan fingerprint density at radius 2 is 1.90 bits per heavy atom. The van der Waals surface area contributed by atoms with Crippen LogP contribution in [0.25, 0.3) is 0 Å². The van der Waals surface area contributed by atoms with Crippen molar-refractivity contribution in [3.05, 3.63) is 29.8 Å². The summed E-state index contributed by atoms with van der Waals surface area (Å²) in [5.74, 6) is 0.519. The predicted octanol–water partition coefficient (Wildman–Crippen LogP) is 2.23. The Hall–Kier alpha value is -1.63. The normalized spacial score (nSPS) is 30.1. The molecule has 3 fully saturated rings. The minimum Gasteiger partial charge on any atom is -0.508 e. The highest BCUT2D eigenvalue weighted by molar-refractivity contribution is 5.80. The maximum Gasteiger partial charge on any atom is 0.223 e. The molecule has 6 nitrogen and oxygen atoms in total. The molecule has 2 heterocycles. The predicted molar refractivity (Wildman–Crippen MR) is 111 cm³/mol. The fraction of sp³-hybridized carbons (Fsp3) is 0.696. The summed E-state index contributed by atoms with van der Waals surface area (Å²) in [7, 11) is 0. The third-order valence-electron chi connectivity index (χ3n) is 7.35. The van der Waals surface area contributed by atoms with Gasteiger partial charge in [-0.3, -0.25) is 4.79 Å². The first-order valence-electron chi connectivity index (χ1n) is 11.0. The number of hydrogen-bond acceptors (Lipinski definition) is 5. The zero-order valence-corrected chi connectivity index (χ0v) is 17.4. The van der Waals surface area contributed by atoms with Crippen LogP contribution in [0.15, 0.2) is 24.3 Å². The van der Waals surface area contributed by atoms with Crippen molar-refractivity contribution in [2.75, 3.05) is 26.2 Å². The van der Waals surface area contributed by atoms with E-state index in [1.54, 1.807) is 12.1 Å². The standard InChI is InChI=1S/C23H34N2O4/c1-22(24-20(27)18-3-2-4-18)12-16-29-23(21(22)28)10-14-25(15-11-23)13-9-17-5-7-19(26)8-6-17/h5-8,18,21,26,28H,2-4,9-16H2,1H3,(H,24,27)/t21-,22+/m1/s1. The van der Waals surface area contributed by atoms with Gasteiger partial charge >= 0.3 is 0 Å². The molecule has 1 aliphatic carbocycles. The fourth-order valence-corrected chi connectivity index (χ4v) is 4.97. The van der Waals surface area contributed by atoms with E-state index in [9.17, 15) is 15.0 Å². The van der Waals surface area contributed by atoms with Crippen molar-refractivity contribution in [2.24, 2.45) is 5.92 Å². The molecule has 3 N–H and O–H groups in total. The molecule has 6 heteroatoms. The molecule has 29 heavy (non-hydrogen) atoms. The second-order valence-electron chi connectivity index (χ2n) is 9.36. The molecule has 2 aliphatic heterocycles. The number of nitrogens with one attached hydrogen (secondary N) is 1. The zero-order chi connectivity index (χ0) is 20.5. The van der Waals surface area contributed by atoms with Gasteiger partial charge in [-0.05, 0) is 63.1 Å². The van der Waals surface area contributed by atoms with Gasteiger partial charge in [-0.2, -0.15) is 0 Å². The lowest BCUT2D eigenvalue weighted by Gasteiger charge is -2.54. The van der Waals surface area contributed by atoms with Gasteiger partial charge in [0.1, 0.15) is 11.9 Å². The first-order valence-corrected chi connectivity index (χ1v) is 11.0. The smallest absolute Gasteiger partial charge is 0.223 e. The number of aromatic hydroxyl groups is 1. The van der Waals surface area contributed by atoms with Crippen molar-refractivity contribution in [2.45, 2.75) is 69.1 Å². The molecule has 0 unspecified atom stereocenters. The second-order valence-corrected chi connectivity index (χ2v) is 9.36. The van der Waals surface area contributed by atoms with Crippen LogP contribution in [0.4, 0.5) is 0 Å². The van der Waals surface area contributed by atoms with Crippen molar-refractivity contribution >= 4 is 5.91 Å². The van der Waals surface area contributed by atoms with E-state index in [1.165, 1.54) is 5.56 Å². The van der Waals surface area contributed by atoms with Crippen LogP contribution >= 0.6 is 0 Å². The molecule has 1 amide bonds. The van der Waals surface area contributed by atoms with E-state index in [2.05, 4.69) is 10.2 Å². The SMILES string of the molecule is C[C@]1(NC(=O)C2CCC2)CCOC2(CCN(CCc3ccc(O)cc3)CC2)[C@@H]1O. The van der Waals surface area contributed by atoms with Gasteiger partial charge in [0.05, 0.1) is 11.1 Å². The number of carbonyl (C=O) groups is 1. The van der Waals surface area contributed by atoms with Gasteiger partial charge in [-0.15, -0.1) is 0 Å². The quantitative estimate of drug-likeness (QED) is 0.704. The van der Waals surface area contributed by atoms with Crippen molar-refractivity contribution < 1.29 is 19.7 Å². The highest BCUT2D eigenvalue weighted by atomic mass is 16.5. The molecular formula is C23H34N2O4. The summed E-state index contributed by atoms with van der Waals surface area (Å²) in [4.78, 5) is 14.9. The van der Waals surface area contributed by atoms with E-state index < -0.39 is 17.2 Å². The number of carbonyl (C=O) groups excluding carboxylic acids is 1. The van der Waals surface area contributed by atoms with E-state index >= 15 is 0 Å². The monoisotopic (exact) mass is 402 g/mol. The molecule has 1 saturated carbocycles. The van der Waals surface area contributed by atoms with E-state index in [4.69, 9.17) is 4.74 Å². The lowest BCUT2D eigenvalue weighted by molar-refractivity contribution is -0.208. The number of amides is 1.